The number of aromatic nitrogens is 3. The second-order valence-corrected chi connectivity index (χ2v) is 7.76. The van der Waals surface area contributed by atoms with Crippen molar-refractivity contribution in [2.45, 2.75) is 22.9 Å². The molecule has 0 bridgehead atoms. The first-order valence-electron chi connectivity index (χ1n) is 9.48. The molecule has 164 valence electrons. The molecule has 0 radical (unpaired) electrons. The van der Waals surface area contributed by atoms with E-state index in [9.17, 15) is 23.1 Å². The standard InChI is InChI=1S/C22H16F3N3O3S/c1-2-31-21(30)16-12-26-19-17(18(22(23,24)25)27-28(19)20(16)29)13-8-10-15(11-9-13)32-14-6-4-3-5-7-14/h3-12,29H,2H2,1H3. The van der Waals surface area contributed by atoms with Gasteiger partial charge in [0.2, 0.25) is 5.88 Å². The lowest BCUT2D eigenvalue weighted by Crippen LogP contribution is -2.09. The lowest BCUT2D eigenvalue weighted by atomic mass is 10.1. The molecule has 2 aromatic carbocycles. The summed E-state index contributed by atoms with van der Waals surface area (Å²) >= 11 is 1.47. The lowest BCUT2D eigenvalue weighted by molar-refractivity contribution is -0.140. The fourth-order valence-corrected chi connectivity index (χ4v) is 3.94. The second-order valence-electron chi connectivity index (χ2n) is 6.61. The van der Waals surface area contributed by atoms with E-state index < -0.39 is 23.7 Å². The molecule has 32 heavy (non-hydrogen) atoms. The number of halogens is 3. The molecule has 0 aliphatic carbocycles. The van der Waals surface area contributed by atoms with Crippen LogP contribution in [0.5, 0.6) is 5.88 Å². The summed E-state index contributed by atoms with van der Waals surface area (Å²) < 4.78 is 46.7. The third kappa shape index (κ3) is 4.13. The summed E-state index contributed by atoms with van der Waals surface area (Å²) in [4.78, 5) is 17.8. The van der Waals surface area contributed by atoms with Crippen LogP contribution in [0.4, 0.5) is 13.2 Å². The van der Waals surface area contributed by atoms with Crippen LogP contribution in [-0.4, -0.2) is 32.3 Å². The molecule has 0 aliphatic heterocycles. The zero-order valence-electron chi connectivity index (χ0n) is 16.6. The van der Waals surface area contributed by atoms with Crippen molar-refractivity contribution >= 4 is 23.4 Å². The molecule has 10 heteroatoms. The van der Waals surface area contributed by atoms with Crippen LogP contribution in [-0.2, 0) is 10.9 Å². The Morgan fingerprint density at radius 3 is 2.38 bits per heavy atom. The third-order valence-corrected chi connectivity index (χ3v) is 5.52. The highest BCUT2D eigenvalue weighted by atomic mass is 32.2. The predicted octanol–water partition coefficient (Wildman–Crippen LogP) is 5.45. The Morgan fingerprint density at radius 1 is 1.09 bits per heavy atom. The Hall–Kier alpha value is -3.53. The van der Waals surface area contributed by atoms with Crippen LogP contribution < -0.4 is 0 Å². The summed E-state index contributed by atoms with van der Waals surface area (Å²) in [5.41, 5.74) is -1.90. The van der Waals surface area contributed by atoms with Crippen molar-refractivity contribution in [2.24, 2.45) is 0 Å². The SMILES string of the molecule is CCOC(=O)c1cnc2c(-c3ccc(Sc4ccccc4)cc3)c(C(F)(F)F)nn2c1O. The number of fused-ring (bicyclic) bond motifs is 1. The molecule has 2 heterocycles. The van der Waals surface area contributed by atoms with Crippen LogP contribution in [0.15, 0.2) is 70.6 Å². The van der Waals surface area contributed by atoms with E-state index >= 15 is 0 Å². The average Bonchev–Trinajstić information content (AvgIpc) is 3.17. The summed E-state index contributed by atoms with van der Waals surface area (Å²) in [6.07, 6.45) is -3.83. The van der Waals surface area contributed by atoms with Crippen molar-refractivity contribution in [3.8, 4) is 17.0 Å². The number of rotatable bonds is 5. The van der Waals surface area contributed by atoms with Crippen molar-refractivity contribution in [3.63, 3.8) is 0 Å². The number of ether oxygens (including phenoxy) is 1. The van der Waals surface area contributed by atoms with Gasteiger partial charge in [-0.1, -0.05) is 42.1 Å². The Kier molecular flexibility index (Phi) is 5.79. The van der Waals surface area contributed by atoms with Gasteiger partial charge in [0.25, 0.3) is 0 Å². The number of esters is 1. The second kappa shape index (κ2) is 8.54. The maximum absolute atomic E-state index is 13.8. The van der Waals surface area contributed by atoms with Crippen LogP contribution in [0.1, 0.15) is 23.0 Å². The number of alkyl halides is 3. The van der Waals surface area contributed by atoms with Gasteiger partial charge >= 0.3 is 12.1 Å². The van der Waals surface area contributed by atoms with Gasteiger partial charge in [-0.05, 0) is 36.8 Å². The van der Waals surface area contributed by atoms with E-state index in [-0.39, 0.29) is 28.9 Å². The molecule has 6 nitrogen and oxygen atoms in total. The fourth-order valence-electron chi connectivity index (χ4n) is 3.10. The molecule has 0 amide bonds. The molecule has 4 aromatic rings. The van der Waals surface area contributed by atoms with E-state index in [1.54, 1.807) is 19.1 Å². The van der Waals surface area contributed by atoms with Gasteiger partial charge in [0.1, 0.15) is 5.56 Å². The van der Waals surface area contributed by atoms with Gasteiger partial charge in [-0.15, -0.1) is 0 Å². The van der Waals surface area contributed by atoms with Crippen LogP contribution in [0.2, 0.25) is 0 Å². The largest absolute Gasteiger partial charge is 0.493 e. The van der Waals surface area contributed by atoms with E-state index in [1.165, 1.54) is 23.9 Å². The van der Waals surface area contributed by atoms with E-state index in [2.05, 4.69) is 10.1 Å². The van der Waals surface area contributed by atoms with Crippen molar-refractivity contribution in [3.05, 3.63) is 72.1 Å². The maximum atomic E-state index is 13.8. The summed E-state index contributed by atoms with van der Waals surface area (Å²) in [6.45, 7) is 1.59. The predicted molar refractivity (Wildman–Crippen MR) is 112 cm³/mol. The highest BCUT2D eigenvalue weighted by Crippen LogP contribution is 2.40. The molecular formula is C22H16F3N3O3S. The molecule has 0 spiro atoms. The number of benzene rings is 2. The summed E-state index contributed by atoms with van der Waals surface area (Å²) in [5, 5.41) is 13.9. The number of nitrogens with zero attached hydrogens (tertiary/aromatic N) is 3. The summed E-state index contributed by atoms with van der Waals surface area (Å²) in [7, 11) is 0. The van der Waals surface area contributed by atoms with Crippen LogP contribution in [0.3, 0.4) is 0 Å². The van der Waals surface area contributed by atoms with E-state index in [0.29, 0.717) is 4.52 Å². The van der Waals surface area contributed by atoms with Crippen molar-refractivity contribution in [1.29, 1.82) is 0 Å². The third-order valence-electron chi connectivity index (χ3n) is 4.50. The number of hydrogen-bond acceptors (Lipinski definition) is 6. The number of carbonyl (C=O) groups is 1. The molecule has 4 rings (SSSR count). The van der Waals surface area contributed by atoms with Gasteiger partial charge in [-0.2, -0.15) is 22.8 Å². The molecule has 2 aromatic heterocycles. The topological polar surface area (TPSA) is 76.7 Å². The molecule has 0 unspecified atom stereocenters. The highest BCUT2D eigenvalue weighted by molar-refractivity contribution is 7.99. The lowest BCUT2D eigenvalue weighted by Gasteiger charge is -2.08. The minimum absolute atomic E-state index is 0.0296. The molecular weight excluding hydrogens is 443 g/mol. The van der Waals surface area contributed by atoms with Crippen molar-refractivity contribution < 1.29 is 27.8 Å². The average molecular weight is 459 g/mol. The summed E-state index contributed by atoms with van der Waals surface area (Å²) in [5.74, 6) is -1.69. The molecule has 0 atom stereocenters. The minimum Gasteiger partial charge on any atom is -0.493 e. The van der Waals surface area contributed by atoms with Gasteiger partial charge in [-0.25, -0.2) is 9.78 Å². The number of aromatic hydroxyl groups is 1. The first kappa shape index (κ1) is 21.7. The molecule has 0 aliphatic rings. The van der Waals surface area contributed by atoms with Crippen LogP contribution >= 0.6 is 11.8 Å². The monoisotopic (exact) mass is 459 g/mol. The van der Waals surface area contributed by atoms with Gasteiger partial charge < -0.3 is 9.84 Å². The molecule has 0 saturated heterocycles. The normalized spacial score (nSPS) is 11.6. The Bertz CT molecular complexity index is 1270. The van der Waals surface area contributed by atoms with Gasteiger partial charge in [0.05, 0.1) is 12.2 Å². The molecule has 1 N–H and O–H groups in total. The van der Waals surface area contributed by atoms with E-state index in [4.69, 9.17) is 4.74 Å². The van der Waals surface area contributed by atoms with Gasteiger partial charge in [0, 0.05) is 16.0 Å². The zero-order valence-corrected chi connectivity index (χ0v) is 17.4. The Labute approximate surface area is 184 Å². The number of carbonyl (C=O) groups excluding carboxylic acids is 1. The summed E-state index contributed by atoms with van der Waals surface area (Å²) in [6, 6.07) is 16.0. The van der Waals surface area contributed by atoms with Crippen LogP contribution in [0, 0.1) is 0 Å². The van der Waals surface area contributed by atoms with Crippen molar-refractivity contribution in [1.82, 2.24) is 14.6 Å². The smallest absolute Gasteiger partial charge is 0.435 e. The molecule has 0 saturated carbocycles. The van der Waals surface area contributed by atoms with Gasteiger partial charge in [-0.3, -0.25) is 0 Å². The van der Waals surface area contributed by atoms with Crippen LogP contribution in [0.25, 0.3) is 16.8 Å². The fraction of sp³-hybridized carbons (Fsp3) is 0.136. The van der Waals surface area contributed by atoms with Gasteiger partial charge in [0.15, 0.2) is 11.3 Å². The quantitative estimate of drug-likeness (QED) is 0.400. The van der Waals surface area contributed by atoms with Crippen molar-refractivity contribution in [2.75, 3.05) is 6.61 Å². The Balaban J connectivity index is 1.80. The highest BCUT2D eigenvalue weighted by Gasteiger charge is 2.39. The molecule has 0 fully saturated rings. The first-order chi connectivity index (χ1) is 15.3. The van der Waals surface area contributed by atoms with E-state index in [0.717, 1.165) is 16.0 Å². The van der Waals surface area contributed by atoms with E-state index in [1.807, 2.05) is 30.3 Å². The first-order valence-corrected chi connectivity index (χ1v) is 10.3. The maximum Gasteiger partial charge on any atom is 0.435 e. The minimum atomic E-state index is -4.81. The number of hydrogen-bond donors (Lipinski definition) is 1. The zero-order chi connectivity index (χ0) is 22.9. The Morgan fingerprint density at radius 2 is 1.75 bits per heavy atom.